The molecule has 0 aromatic heterocycles. The lowest BCUT2D eigenvalue weighted by atomic mass is 10.3. The summed E-state index contributed by atoms with van der Waals surface area (Å²) in [6.45, 7) is 6.32. The summed E-state index contributed by atoms with van der Waals surface area (Å²) in [7, 11) is 0. The molecule has 5 nitrogen and oxygen atoms in total. The van der Waals surface area contributed by atoms with Crippen molar-refractivity contribution in [2.24, 2.45) is 0 Å². The molecule has 1 atom stereocenters. The first-order valence-electron chi connectivity index (χ1n) is 4.76. The minimum atomic E-state index is -0.511. The summed E-state index contributed by atoms with van der Waals surface area (Å²) in [5.74, 6) is -0.456. The SMILES string of the molecule is CCNC(=O)C(C)NC(=O)COCC. The van der Waals surface area contributed by atoms with Crippen molar-refractivity contribution in [3.05, 3.63) is 0 Å². The van der Waals surface area contributed by atoms with E-state index in [2.05, 4.69) is 10.6 Å². The number of hydrogen-bond acceptors (Lipinski definition) is 3. The summed E-state index contributed by atoms with van der Waals surface area (Å²) in [6, 6.07) is -0.511. The van der Waals surface area contributed by atoms with Gasteiger partial charge in [0.1, 0.15) is 12.6 Å². The predicted molar refractivity (Wildman–Crippen MR) is 52.8 cm³/mol. The van der Waals surface area contributed by atoms with Gasteiger partial charge in [-0.2, -0.15) is 0 Å². The largest absolute Gasteiger partial charge is 0.372 e. The second-order valence-electron chi connectivity index (χ2n) is 2.82. The third-order valence-corrected chi connectivity index (χ3v) is 1.56. The van der Waals surface area contributed by atoms with Gasteiger partial charge in [-0.25, -0.2) is 0 Å². The topological polar surface area (TPSA) is 67.4 Å². The Morgan fingerprint density at radius 1 is 1.36 bits per heavy atom. The van der Waals surface area contributed by atoms with E-state index in [0.29, 0.717) is 13.2 Å². The van der Waals surface area contributed by atoms with Crippen molar-refractivity contribution < 1.29 is 14.3 Å². The summed E-state index contributed by atoms with van der Waals surface area (Å²) in [5, 5.41) is 5.14. The monoisotopic (exact) mass is 202 g/mol. The normalized spacial score (nSPS) is 11.9. The van der Waals surface area contributed by atoms with Crippen LogP contribution in [0.15, 0.2) is 0 Å². The maximum atomic E-state index is 11.2. The van der Waals surface area contributed by atoms with Gasteiger partial charge in [0.05, 0.1) is 0 Å². The third kappa shape index (κ3) is 5.53. The molecule has 0 bridgehead atoms. The molecule has 0 spiro atoms. The van der Waals surface area contributed by atoms with Gasteiger partial charge in [-0.15, -0.1) is 0 Å². The minimum absolute atomic E-state index is 0.000243. The quantitative estimate of drug-likeness (QED) is 0.619. The summed E-state index contributed by atoms with van der Waals surface area (Å²) in [5.41, 5.74) is 0. The number of ether oxygens (including phenoxy) is 1. The van der Waals surface area contributed by atoms with Crippen LogP contribution in [-0.4, -0.2) is 37.6 Å². The predicted octanol–water partition coefficient (Wildman–Crippen LogP) is -0.336. The molecule has 0 heterocycles. The van der Waals surface area contributed by atoms with Crippen LogP contribution in [0.2, 0.25) is 0 Å². The van der Waals surface area contributed by atoms with Gasteiger partial charge < -0.3 is 15.4 Å². The van der Waals surface area contributed by atoms with E-state index in [9.17, 15) is 9.59 Å². The highest BCUT2D eigenvalue weighted by Crippen LogP contribution is 1.83. The highest BCUT2D eigenvalue weighted by molar-refractivity contribution is 5.87. The Hall–Kier alpha value is -1.10. The van der Waals surface area contributed by atoms with Crippen LogP contribution in [0.4, 0.5) is 0 Å². The fraction of sp³-hybridized carbons (Fsp3) is 0.778. The van der Waals surface area contributed by atoms with E-state index < -0.39 is 6.04 Å². The van der Waals surface area contributed by atoms with Crippen molar-refractivity contribution in [3.63, 3.8) is 0 Å². The van der Waals surface area contributed by atoms with Gasteiger partial charge in [0.15, 0.2) is 0 Å². The highest BCUT2D eigenvalue weighted by Gasteiger charge is 2.13. The molecule has 0 rings (SSSR count). The molecule has 0 aromatic rings. The standard InChI is InChI=1S/C9H18N2O3/c1-4-10-9(13)7(3)11-8(12)6-14-5-2/h7H,4-6H2,1-3H3,(H,10,13)(H,11,12). The first-order chi connectivity index (χ1) is 6.61. The Balaban J connectivity index is 3.75. The molecule has 0 aliphatic rings. The Morgan fingerprint density at radius 2 is 2.00 bits per heavy atom. The van der Waals surface area contributed by atoms with Crippen molar-refractivity contribution in [3.8, 4) is 0 Å². The summed E-state index contributed by atoms with van der Waals surface area (Å²) >= 11 is 0. The molecule has 1 unspecified atom stereocenters. The van der Waals surface area contributed by atoms with Crippen molar-refractivity contribution in [2.75, 3.05) is 19.8 Å². The summed E-state index contributed by atoms with van der Waals surface area (Å²) in [6.07, 6.45) is 0. The lowest BCUT2D eigenvalue weighted by Crippen LogP contribution is -2.45. The van der Waals surface area contributed by atoms with Gasteiger partial charge in [0.25, 0.3) is 0 Å². The van der Waals surface area contributed by atoms with Gasteiger partial charge >= 0.3 is 0 Å². The van der Waals surface area contributed by atoms with E-state index in [-0.39, 0.29) is 18.4 Å². The van der Waals surface area contributed by atoms with E-state index in [0.717, 1.165) is 0 Å². The molecule has 0 radical (unpaired) electrons. The second-order valence-corrected chi connectivity index (χ2v) is 2.82. The molecular weight excluding hydrogens is 184 g/mol. The van der Waals surface area contributed by atoms with Crippen LogP contribution in [0.3, 0.4) is 0 Å². The Bertz CT molecular complexity index is 194. The number of carbonyl (C=O) groups is 2. The number of rotatable bonds is 6. The molecule has 14 heavy (non-hydrogen) atoms. The molecular formula is C9H18N2O3. The van der Waals surface area contributed by atoms with E-state index in [1.165, 1.54) is 0 Å². The average Bonchev–Trinajstić information content (AvgIpc) is 2.15. The lowest BCUT2D eigenvalue weighted by molar-refractivity contribution is -0.131. The number of nitrogens with one attached hydrogen (secondary N) is 2. The molecule has 82 valence electrons. The maximum Gasteiger partial charge on any atom is 0.246 e. The molecule has 0 aliphatic heterocycles. The van der Waals surface area contributed by atoms with E-state index in [1.54, 1.807) is 13.8 Å². The Kier molecular flexibility index (Phi) is 6.74. The molecule has 0 saturated heterocycles. The van der Waals surface area contributed by atoms with Crippen molar-refractivity contribution in [2.45, 2.75) is 26.8 Å². The number of likely N-dealkylation sites (N-methyl/N-ethyl adjacent to an activating group) is 1. The van der Waals surface area contributed by atoms with E-state index in [4.69, 9.17) is 4.74 Å². The van der Waals surface area contributed by atoms with Crippen LogP contribution in [0.25, 0.3) is 0 Å². The molecule has 0 saturated carbocycles. The zero-order chi connectivity index (χ0) is 11.0. The molecule has 0 fully saturated rings. The van der Waals surface area contributed by atoms with Gasteiger partial charge in [0.2, 0.25) is 11.8 Å². The zero-order valence-corrected chi connectivity index (χ0v) is 8.92. The molecule has 2 amide bonds. The van der Waals surface area contributed by atoms with Gasteiger partial charge in [0, 0.05) is 13.2 Å². The summed E-state index contributed by atoms with van der Waals surface area (Å²) < 4.78 is 4.89. The van der Waals surface area contributed by atoms with Crippen molar-refractivity contribution in [1.29, 1.82) is 0 Å². The number of hydrogen-bond donors (Lipinski definition) is 2. The average molecular weight is 202 g/mol. The number of carbonyl (C=O) groups excluding carboxylic acids is 2. The Labute approximate surface area is 84.2 Å². The van der Waals surface area contributed by atoms with Crippen molar-refractivity contribution >= 4 is 11.8 Å². The van der Waals surface area contributed by atoms with E-state index in [1.807, 2.05) is 6.92 Å². The lowest BCUT2D eigenvalue weighted by Gasteiger charge is -2.12. The van der Waals surface area contributed by atoms with Gasteiger partial charge in [-0.05, 0) is 20.8 Å². The fourth-order valence-electron chi connectivity index (χ4n) is 0.871. The first kappa shape index (κ1) is 12.9. The van der Waals surface area contributed by atoms with Gasteiger partial charge in [-0.1, -0.05) is 0 Å². The van der Waals surface area contributed by atoms with Crippen LogP contribution >= 0.6 is 0 Å². The fourth-order valence-corrected chi connectivity index (χ4v) is 0.871. The summed E-state index contributed by atoms with van der Waals surface area (Å²) in [4.78, 5) is 22.3. The van der Waals surface area contributed by atoms with Crippen LogP contribution in [-0.2, 0) is 14.3 Å². The number of amides is 2. The van der Waals surface area contributed by atoms with Crippen LogP contribution < -0.4 is 10.6 Å². The molecule has 5 heteroatoms. The Morgan fingerprint density at radius 3 is 2.50 bits per heavy atom. The van der Waals surface area contributed by atoms with E-state index >= 15 is 0 Å². The van der Waals surface area contributed by atoms with Gasteiger partial charge in [-0.3, -0.25) is 9.59 Å². The molecule has 2 N–H and O–H groups in total. The smallest absolute Gasteiger partial charge is 0.246 e. The van der Waals surface area contributed by atoms with Crippen LogP contribution in [0.5, 0.6) is 0 Å². The van der Waals surface area contributed by atoms with Crippen LogP contribution in [0, 0.1) is 0 Å². The second kappa shape index (κ2) is 7.32. The molecule has 0 aliphatic carbocycles. The first-order valence-corrected chi connectivity index (χ1v) is 4.76. The maximum absolute atomic E-state index is 11.2. The molecule has 0 aromatic carbocycles. The third-order valence-electron chi connectivity index (χ3n) is 1.56. The zero-order valence-electron chi connectivity index (χ0n) is 8.92. The van der Waals surface area contributed by atoms with Crippen LogP contribution in [0.1, 0.15) is 20.8 Å². The highest BCUT2D eigenvalue weighted by atomic mass is 16.5. The van der Waals surface area contributed by atoms with Crippen molar-refractivity contribution in [1.82, 2.24) is 10.6 Å². The minimum Gasteiger partial charge on any atom is -0.372 e.